The van der Waals surface area contributed by atoms with E-state index in [0.29, 0.717) is 0 Å². The molecule has 0 aromatic carbocycles. The smallest absolute Gasteiger partial charge is 0.328 e. The zero-order valence-electron chi connectivity index (χ0n) is 10.1. The van der Waals surface area contributed by atoms with Crippen molar-refractivity contribution in [2.45, 2.75) is 24.8 Å². The molecule has 2 heterocycles. The van der Waals surface area contributed by atoms with Gasteiger partial charge in [0.15, 0.2) is 17.7 Å². The van der Waals surface area contributed by atoms with Crippen molar-refractivity contribution in [2.24, 2.45) is 9.98 Å². The summed E-state index contributed by atoms with van der Waals surface area (Å²) in [5.74, 6) is -0.511. The lowest BCUT2D eigenvalue weighted by Gasteiger charge is -2.42. The zero-order valence-corrected chi connectivity index (χ0v) is 10.1. The van der Waals surface area contributed by atoms with Crippen molar-refractivity contribution < 1.29 is 19.8 Å². The highest BCUT2D eigenvalue weighted by Gasteiger charge is 2.53. The maximum absolute atomic E-state index is 12.0. The predicted molar refractivity (Wildman–Crippen MR) is 62.0 cm³/mol. The van der Waals surface area contributed by atoms with E-state index in [1.165, 1.54) is 25.3 Å². The Morgan fingerprint density at radius 3 is 2.67 bits per heavy atom. The third-order valence-electron chi connectivity index (χ3n) is 3.22. The van der Waals surface area contributed by atoms with Crippen LogP contribution in [0, 0.1) is 0 Å². The molecule has 0 aliphatic carbocycles. The molecule has 2 aliphatic heterocycles. The first-order chi connectivity index (χ1) is 8.40. The Bertz CT molecular complexity index is 459. The SMILES string of the molecule is CN1C(=O)C2=NC=NC2(CCC(O)O)N(C)C1=O. The van der Waals surface area contributed by atoms with Gasteiger partial charge >= 0.3 is 6.03 Å². The molecule has 0 saturated carbocycles. The Morgan fingerprint density at radius 1 is 1.39 bits per heavy atom. The number of imide groups is 1. The van der Waals surface area contributed by atoms with E-state index in [1.54, 1.807) is 0 Å². The number of carbonyl (C=O) groups excluding carboxylic acids is 2. The van der Waals surface area contributed by atoms with Crippen LogP contribution in [-0.4, -0.2) is 70.0 Å². The zero-order chi connectivity index (χ0) is 13.5. The molecule has 0 spiro atoms. The number of aliphatic hydroxyl groups is 2. The molecule has 2 aliphatic rings. The van der Waals surface area contributed by atoms with Crippen LogP contribution in [0.2, 0.25) is 0 Å². The Labute approximate surface area is 103 Å². The lowest BCUT2D eigenvalue weighted by Crippen LogP contribution is -2.66. The second kappa shape index (κ2) is 4.14. The fraction of sp³-hybridized carbons (Fsp3) is 0.600. The summed E-state index contributed by atoms with van der Waals surface area (Å²) in [7, 11) is 2.88. The molecule has 98 valence electrons. The second-order valence-electron chi connectivity index (χ2n) is 4.26. The van der Waals surface area contributed by atoms with Gasteiger partial charge in [0.2, 0.25) is 0 Å². The van der Waals surface area contributed by atoms with Crippen molar-refractivity contribution in [3.63, 3.8) is 0 Å². The maximum atomic E-state index is 12.0. The number of amides is 3. The lowest BCUT2D eigenvalue weighted by molar-refractivity contribution is -0.123. The Morgan fingerprint density at radius 2 is 2.06 bits per heavy atom. The van der Waals surface area contributed by atoms with Gasteiger partial charge in [-0.1, -0.05) is 0 Å². The number of aliphatic imine (C=N–C) groups is 2. The molecular weight excluding hydrogens is 240 g/mol. The summed E-state index contributed by atoms with van der Waals surface area (Å²) in [6, 6.07) is -0.495. The summed E-state index contributed by atoms with van der Waals surface area (Å²) in [4.78, 5) is 34.1. The quantitative estimate of drug-likeness (QED) is 0.616. The Kier molecular flexibility index (Phi) is 2.91. The molecule has 0 aromatic rings. The van der Waals surface area contributed by atoms with E-state index in [-0.39, 0.29) is 18.6 Å². The number of carbonyl (C=O) groups is 2. The van der Waals surface area contributed by atoms with Gasteiger partial charge in [-0.05, 0) is 0 Å². The predicted octanol–water partition coefficient (Wildman–Crippen LogP) is -1.22. The normalized spacial score (nSPS) is 27.1. The number of rotatable bonds is 3. The van der Waals surface area contributed by atoms with Gasteiger partial charge in [0, 0.05) is 26.9 Å². The number of nitrogens with zero attached hydrogens (tertiary/aromatic N) is 4. The molecule has 3 amide bonds. The fourth-order valence-electron chi connectivity index (χ4n) is 2.13. The van der Waals surface area contributed by atoms with Crippen molar-refractivity contribution in [1.82, 2.24) is 9.80 Å². The van der Waals surface area contributed by atoms with Gasteiger partial charge in [-0.2, -0.15) is 0 Å². The van der Waals surface area contributed by atoms with E-state index < -0.39 is 23.9 Å². The summed E-state index contributed by atoms with van der Waals surface area (Å²) in [6.07, 6.45) is -0.179. The highest BCUT2D eigenvalue weighted by molar-refractivity contribution is 6.47. The highest BCUT2D eigenvalue weighted by Crippen LogP contribution is 2.32. The summed E-state index contributed by atoms with van der Waals surface area (Å²) in [5, 5.41) is 17.9. The van der Waals surface area contributed by atoms with Crippen LogP contribution in [0.25, 0.3) is 0 Å². The molecule has 1 fully saturated rings. The van der Waals surface area contributed by atoms with Crippen LogP contribution in [-0.2, 0) is 4.79 Å². The molecule has 8 nitrogen and oxygen atoms in total. The number of aliphatic hydroxyl groups excluding tert-OH is 1. The van der Waals surface area contributed by atoms with E-state index in [4.69, 9.17) is 10.2 Å². The number of hydrogen-bond donors (Lipinski definition) is 2. The van der Waals surface area contributed by atoms with Gasteiger partial charge in [0.1, 0.15) is 6.34 Å². The van der Waals surface area contributed by atoms with Crippen molar-refractivity contribution in [1.29, 1.82) is 0 Å². The number of urea groups is 1. The molecule has 8 heteroatoms. The van der Waals surface area contributed by atoms with Crippen LogP contribution in [0.3, 0.4) is 0 Å². The van der Waals surface area contributed by atoms with Gasteiger partial charge in [-0.25, -0.2) is 14.8 Å². The minimum atomic E-state index is -1.52. The number of hydrogen-bond acceptors (Lipinski definition) is 6. The van der Waals surface area contributed by atoms with Gasteiger partial charge in [-0.15, -0.1) is 0 Å². The summed E-state index contributed by atoms with van der Waals surface area (Å²) in [5.41, 5.74) is -1.07. The standard InChI is InChI=1S/C10H14N4O4/c1-13-8(17)7-10(12-5-11-7,4-3-6(15)16)14(2)9(13)18/h5-6,15-16H,3-4H2,1-2H3. The van der Waals surface area contributed by atoms with Crippen LogP contribution < -0.4 is 0 Å². The molecule has 0 aromatic heterocycles. The highest BCUT2D eigenvalue weighted by atomic mass is 16.5. The molecule has 2 N–H and O–H groups in total. The maximum Gasteiger partial charge on any atom is 0.328 e. The topological polar surface area (TPSA) is 106 Å². The average molecular weight is 254 g/mol. The van der Waals surface area contributed by atoms with Crippen molar-refractivity contribution in [2.75, 3.05) is 14.1 Å². The van der Waals surface area contributed by atoms with E-state index in [0.717, 1.165) is 4.90 Å². The van der Waals surface area contributed by atoms with Crippen LogP contribution in [0.5, 0.6) is 0 Å². The molecular formula is C10H14N4O4. The fourth-order valence-corrected chi connectivity index (χ4v) is 2.13. The van der Waals surface area contributed by atoms with Crippen LogP contribution in [0.15, 0.2) is 9.98 Å². The Hall–Kier alpha value is -1.80. The molecule has 1 saturated heterocycles. The molecule has 1 unspecified atom stereocenters. The number of fused-ring (bicyclic) bond motifs is 1. The van der Waals surface area contributed by atoms with Gasteiger partial charge in [0.25, 0.3) is 5.91 Å². The summed E-state index contributed by atoms with van der Waals surface area (Å²) < 4.78 is 0. The van der Waals surface area contributed by atoms with Crippen LogP contribution in [0.1, 0.15) is 12.8 Å². The van der Waals surface area contributed by atoms with Crippen molar-refractivity contribution >= 4 is 24.0 Å². The Balaban J connectivity index is 2.36. The van der Waals surface area contributed by atoms with Crippen molar-refractivity contribution in [3.05, 3.63) is 0 Å². The molecule has 0 bridgehead atoms. The molecule has 2 rings (SSSR count). The van der Waals surface area contributed by atoms with Gasteiger partial charge in [-0.3, -0.25) is 14.6 Å². The summed E-state index contributed by atoms with van der Waals surface area (Å²) >= 11 is 0. The van der Waals surface area contributed by atoms with E-state index in [2.05, 4.69) is 9.98 Å². The van der Waals surface area contributed by atoms with Gasteiger partial charge < -0.3 is 10.2 Å². The van der Waals surface area contributed by atoms with E-state index in [9.17, 15) is 9.59 Å². The third kappa shape index (κ3) is 1.61. The van der Waals surface area contributed by atoms with Crippen molar-refractivity contribution in [3.8, 4) is 0 Å². The lowest BCUT2D eigenvalue weighted by atomic mass is 9.94. The van der Waals surface area contributed by atoms with E-state index >= 15 is 0 Å². The molecule has 1 atom stereocenters. The third-order valence-corrected chi connectivity index (χ3v) is 3.22. The molecule has 0 radical (unpaired) electrons. The minimum Gasteiger partial charge on any atom is -0.368 e. The minimum absolute atomic E-state index is 0.00895. The van der Waals surface area contributed by atoms with Crippen LogP contribution >= 0.6 is 0 Å². The average Bonchev–Trinajstić information content (AvgIpc) is 2.76. The largest absolute Gasteiger partial charge is 0.368 e. The first-order valence-corrected chi connectivity index (χ1v) is 5.44. The monoisotopic (exact) mass is 254 g/mol. The van der Waals surface area contributed by atoms with Crippen LogP contribution in [0.4, 0.5) is 4.79 Å². The first kappa shape index (κ1) is 12.7. The second-order valence-corrected chi connectivity index (χ2v) is 4.26. The first-order valence-electron chi connectivity index (χ1n) is 5.44. The van der Waals surface area contributed by atoms with E-state index in [1.807, 2.05) is 0 Å². The summed E-state index contributed by atoms with van der Waals surface area (Å²) in [6.45, 7) is 0. The molecule has 18 heavy (non-hydrogen) atoms. The van der Waals surface area contributed by atoms with Gasteiger partial charge in [0.05, 0.1) is 0 Å².